The number of rotatable bonds is 7. The normalized spacial score (nSPS) is 12.4. The first-order chi connectivity index (χ1) is 32.8. The van der Waals surface area contributed by atoms with Crippen LogP contribution in [0.2, 0.25) is 0 Å². The minimum absolute atomic E-state index is 1.05. The van der Waals surface area contributed by atoms with Gasteiger partial charge in [0.05, 0.1) is 22.4 Å². The first-order valence-electron chi connectivity index (χ1n) is 23.1. The summed E-state index contributed by atoms with van der Waals surface area (Å²) in [6, 6.07) is 84.9. The molecule has 310 valence electrons. The number of aromatic nitrogens is 1. The Hall–Kier alpha value is -8.46. The summed E-state index contributed by atoms with van der Waals surface area (Å²) in [5, 5.41) is 9.91. The van der Waals surface area contributed by atoms with Crippen LogP contribution in [0, 0.1) is 0 Å². The lowest BCUT2D eigenvalue weighted by atomic mass is 9.87. The maximum Gasteiger partial charge on any atom is 0.0619 e. The molecule has 0 amide bonds. The van der Waals surface area contributed by atoms with E-state index in [0.717, 1.165) is 29.9 Å². The molecule has 66 heavy (non-hydrogen) atoms. The molecule has 0 bridgehead atoms. The van der Waals surface area contributed by atoms with E-state index in [2.05, 4.69) is 252 Å². The molecule has 0 fully saturated rings. The van der Waals surface area contributed by atoms with Gasteiger partial charge < -0.3 is 9.47 Å². The van der Waals surface area contributed by atoms with Gasteiger partial charge in [-0.1, -0.05) is 200 Å². The first kappa shape index (κ1) is 38.0. The molecule has 12 aromatic rings. The van der Waals surface area contributed by atoms with Crippen molar-refractivity contribution in [2.24, 2.45) is 0 Å². The van der Waals surface area contributed by atoms with Gasteiger partial charge in [-0.3, -0.25) is 0 Å². The van der Waals surface area contributed by atoms with Crippen molar-refractivity contribution in [1.29, 1.82) is 0 Å². The molecule has 0 unspecified atom stereocenters. The van der Waals surface area contributed by atoms with E-state index in [9.17, 15) is 0 Å². The van der Waals surface area contributed by atoms with Gasteiger partial charge >= 0.3 is 0 Å². The number of hydrogen-bond donors (Lipinski definition) is 0. The van der Waals surface area contributed by atoms with Crippen molar-refractivity contribution in [2.75, 3.05) is 4.90 Å². The standard InChI is InChI=1S/C64H44N2/c1-4-22-44(23-5-1)61-53-32-12-14-34-55(53)64(56-35-15-13-33-54(56)61)66(47-28-8-3-9-29-47)57-39-17-16-31-49(57)50-36-18-24-45-25-19-37-51(60(45)50)52-38-20-40-58-63(52)62-48-30-11-10-21-43(48)41-42-59(62)65(58)46-26-6-2-7-27-46/h1-9,11-20,22-42H,10,21H2. The quantitative estimate of drug-likeness (QED) is 0.145. The lowest BCUT2D eigenvalue weighted by Gasteiger charge is -2.31. The molecule has 0 atom stereocenters. The summed E-state index contributed by atoms with van der Waals surface area (Å²) in [4.78, 5) is 2.52. The smallest absolute Gasteiger partial charge is 0.0619 e. The van der Waals surface area contributed by atoms with Crippen LogP contribution in [0.1, 0.15) is 17.5 Å². The average molecular weight is 841 g/mol. The summed E-state index contributed by atoms with van der Waals surface area (Å²) in [5.41, 5.74) is 17.0. The third-order valence-electron chi connectivity index (χ3n) is 13.8. The van der Waals surface area contributed by atoms with Crippen molar-refractivity contribution in [3.8, 4) is 39.1 Å². The highest BCUT2D eigenvalue weighted by molar-refractivity contribution is 6.24. The Balaban J connectivity index is 1.11. The van der Waals surface area contributed by atoms with E-state index in [1.165, 1.54) is 104 Å². The van der Waals surface area contributed by atoms with Crippen LogP contribution in [0.3, 0.4) is 0 Å². The van der Waals surface area contributed by atoms with Gasteiger partial charge in [-0.25, -0.2) is 0 Å². The van der Waals surface area contributed by atoms with Crippen molar-refractivity contribution in [2.45, 2.75) is 12.8 Å². The summed E-state index contributed by atoms with van der Waals surface area (Å²) in [6.07, 6.45) is 6.84. The second-order valence-corrected chi connectivity index (χ2v) is 17.4. The predicted molar refractivity (Wildman–Crippen MR) is 282 cm³/mol. The molecular weight excluding hydrogens is 797 g/mol. The molecule has 2 nitrogen and oxygen atoms in total. The molecule has 0 radical (unpaired) electrons. The van der Waals surface area contributed by atoms with Crippen LogP contribution in [-0.2, 0) is 6.42 Å². The zero-order chi connectivity index (χ0) is 43.6. The van der Waals surface area contributed by atoms with E-state index in [1.807, 2.05) is 0 Å². The lowest BCUT2D eigenvalue weighted by Crippen LogP contribution is -2.12. The number of benzene rings is 11. The fourth-order valence-corrected chi connectivity index (χ4v) is 11.1. The zero-order valence-electron chi connectivity index (χ0n) is 36.4. The van der Waals surface area contributed by atoms with E-state index < -0.39 is 0 Å². The Labute approximate surface area is 384 Å². The Morgan fingerprint density at radius 2 is 0.939 bits per heavy atom. The van der Waals surface area contributed by atoms with E-state index >= 15 is 0 Å². The van der Waals surface area contributed by atoms with Gasteiger partial charge in [-0.2, -0.15) is 0 Å². The number of nitrogens with zero attached hydrogens (tertiary/aromatic N) is 2. The monoisotopic (exact) mass is 840 g/mol. The van der Waals surface area contributed by atoms with Gasteiger partial charge in [0.25, 0.3) is 0 Å². The fraction of sp³-hybridized carbons (Fsp3) is 0.0312. The van der Waals surface area contributed by atoms with Gasteiger partial charge in [-0.05, 0) is 116 Å². The Morgan fingerprint density at radius 3 is 1.65 bits per heavy atom. The molecule has 0 saturated carbocycles. The summed E-state index contributed by atoms with van der Waals surface area (Å²) < 4.78 is 2.47. The minimum atomic E-state index is 1.05. The molecule has 13 rings (SSSR count). The van der Waals surface area contributed by atoms with Crippen LogP contribution in [0.4, 0.5) is 17.1 Å². The summed E-state index contributed by atoms with van der Waals surface area (Å²) >= 11 is 0. The molecule has 1 aliphatic rings. The number of aryl methyl sites for hydroxylation is 1. The van der Waals surface area contributed by atoms with Crippen molar-refractivity contribution in [1.82, 2.24) is 4.57 Å². The lowest BCUT2D eigenvalue weighted by molar-refractivity contribution is 0.989. The van der Waals surface area contributed by atoms with Gasteiger partial charge in [-0.15, -0.1) is 0 Å². The number of para-hydroxylation sites is 3. The Morgan fingerprint density at radius 1 is 0.394 bits per heavy atom. The van der Waals surface area contributed by atoms with Crippen LogP contribution < -0.4 is 4.90 Å². The molecule has 1 aliphatic carbocycles. The van der Waals surface area contributed by atoms with Crippen LogP contribution >= 0.6 is 0 Å². The maximum atomic E-state index is 2.52. The van der Waals surface area contributed by atoms with Crippen molar-refractivity contribution >= 4 is 77.3 Å². The largest absolute Gasteiger partial charge is 0.309 e. The molecule has 0 spiro atoms. The topological polar surface area (TPSA) is 8.17 Å². The van der Waals surface area contributed by atoms with Crippen molar-refractivity contribution in [3.05, 3.63) is 248 Å². The van der Waals surface area contributed by atoms with Crippen molar-refractivity contribution < 1.29 is 0 Å². The molecule has 0 N–H and O–H groups in total. The van der Waals surface area contributed by atoms with E-state index in [1.54, 1.807) is 0 Å². The maximum absolute atomic E-state index is 2.52. The van der Waals surface area contributed by atoms with Crippen molar-refractivity contribution in [3.63, 3.8) is 0 Å². The molecule has 11 aromatic carbocycles. The minimum Gasteiger partial charge on any atom is -0.309 e. The predicted octanol–water partition coefficient (Wildman–Crippen LogP) is 17.7. The molecule has 1 aromatic heterocycles. The van der Waals surface area contributed by atoms with Crippen LogP contribution in [0.15, 0.2) is 237 Å². The Bertz CT molecular complexity index is 3800. The van der Waals surface area contributed by atoms with Gasteiger partial charge in [0.15, 0.2) is 0 Å². The van der Waals surface area contributed by atoms with E-state index in [-0.39, 0.29) is 0 Å². The number of hydrogen-bond acceptors (Lipinski definition) is 1. The average Bonchev–Trinajstić information content (AvgIpc) is 3.74. The van der Waals surface area contributed by atoms with Gasteiger partial charge in [0, 0.05) is 38.5 Å². The molecule has 2 heteroatoms. The van der Waals surface area contributed by atoms with E-state index in [0.29, 0.717) is 0 Å². The second-order valence-electron chi connectivity index (χ2n) is 17.4. The SMILES string of the molecule is C1=Cc2c(ccc3c2c2c(-c4cccc5cccc(-c6ccccc6N(c6ccccc6)c6c7ccccc7c(-c7ccccc7)c7ccccc67)c45)cccc2n3-c2ccccc2)CC1. The van der Waals surface area contributed by atoms with Crippen LogP contribution in [0.25, 0.3) is 99.3 Å². The second kappa shape index (κ2) is 15.7. The number of allylic oxidation sites excluding steroid dienone is 1. The fourth-order valence-electron chi connectivity index (χ4n) is 11.1. The first-order valence-corrected chi connectivity index (χ1v) is 23.1. The third kappa shape index (κ3) is 5.96. The van der Waals surface area contributed by atoms with E-state index in [4.69, 9.17) is 0 Å². The zero-order valence-corrected chi connectivity index (χ0v) is 36.4. The molecule has 0 aliphatic heterocycles. The highest BCUT2D eigenvalue weighted by atomic mass is 15.1. The van der Waals surface area contributed by atoms with Crippen LogP contribution in [-0.4, -0.2) is 4.57 Å². The summed E-state index contributed by atoms with van der Waals surface area (Å²) in [7, 11) is 0. The number of anilines is 3. The highest BCUT2D eigenvalue weighted by Gasteiger charge is 2.26. The highest BCUT2D eigenvalue weighted by Crippen LogP contribution is 2.52. The molecular formula is C64H44N2. The summed E-state index contributed by atoms with van der Waals surface area (Å²) in [5.74, 6) is 0. The summed E-state index contributed by atoms with van der Waals surface area (Å²) in [6.45, 7) is 0. The molecule has 0 saturated heterocycles. The van der Waals surface area contributed by atoms with Gasteiger partial charge in [0.2, 0.25) is 0 Å². The Kier molecular flexibility index (Phi) is 9.02. The van der Waals surface area contributed by atoms with Gasteiger partial charge in [0.1, 0.15) is 0 Å². The van der Waals surface area contributed by atoms with Crippen LogP contribution in [0.5, 0.6) is 0 Å². The number of fused-ring (bicyclic) bond motifs is 8. The molecule has 1 heterocycles. The third-order valence-corrected chi connectivity index (χ3v) is 13.8.